The Kier molecular flexibility index (Phi) is 4.61. The van der Waals surface area contributed by atoms with E-state index in [0.29, 0.717) is 12.8 Å². The van der Waals surface area contributed by atoms with Crippen LogP contribution < -0.4 is 0 Å². The van der Waals surface area contributed by atoms with E-state index >= 15 is 0 Å². The molecule has 102 valence electrons. The Morgan fingerprint density at radius 3 is 2.58 bits per heavy atom. The molecule has 1 N–H and O–H groups in total. The number of hydrogen-bond acceptors (Lipinski definition) is 2. The second-order valence-corrected chi connectivity index (χ2v) is 5.22. The van der Waals surface area contributed by atoms with E-state index in [4.69, 9.17) is 11.6 Å². The molecule has 1 unspecified atom stereocenters. The van der Waals surface area contributed by atoms with Gasteiger partial charge in [-0.2, -0.15) is 5.10 Å². The van der Waals surface area contributed by atoms with Gasteiger partial charge in [-0.3, -0.25) is 4.68 Å². The predicted molar refractivity (Wildman–Crippen MR) is 77.5 cm³/mol. The molecule has 0 radical (unpaired) electrons. The monoisotopic (exact) mass is 278 g/mol. The summed E-state index contributed by atoms with van der Waals surface area (Å²) in [7, 11) is 0. The highest BCUT2D eigenvalue weighted by Gasteiger charge is 2.11. The summed E-state index contributed by atoms with van der Waals surface area (Å²) in [6, 6.07) is 9.64. The third-order valence-corrected chi connectivity index (χ3v) is 3.37. The molecule has 0 aliphatic heterocycles. The lowest BCUT2D eigenvalue weighted by molar-refractivity contribution is 0.172. The predicted octanol–water partition coefficient (Wildman–Crippen LogP) is 3.01. The highest BCUT2D eigenvalue weighted by molar-refractivity contribution is 6.30. The van der Waals surface area contributed by atoms with E-state index in [1.54, 1.807) is 0 Å². The fourth-order valence-electron chi connectivity index (χ4n) is 2.24. The molecule has 0 saturated carbocycles. The Morgan fingerprint density at radius 2 is 1.95 bits per heavy atom. The van der Waals surface area contributed by atoms with Crippen LogP contribution in [0.15, 0.2) is 30.3 Å². The zero-order valence-corrected chi connectivity index (χ0v) is 12.1. The van der Waals surface area contributed by atoms with Gasteiger partial charge in [-0.05, 0) is 44.0 Å². The van der Waals surface area contributed by atoms with E-state index in [1.807, 2.05) is 41.9 Å². The van der Waals surface area contributed by atoms with Crippen LogP contribution in [0.5, 0.6) is 0 Å². The fraction of sp³-hybridized carbons (Fsp3) is 0.400. The topological polar surface area (TPSA) is 38.0 Å². The average molecular weight is 279 g/mol. The lowest BCUT2D eigenvalue weighted by atomic mass is 10.0. The van der Waals surface area contributed by atoms with Crippen molar-refractivity contribution in [1.82, 2.24) is 9.78 Å². The minimum absolute atomic E-state index is 0.400. The number of aryl methyl sites for hydroxylation is 2. The lowest BCUT2D eigenvalue weighted by Gasteiger charge is -2.11. The Bertz CT molecular complexity index is 534. The van der Waals surface area contributed by atoms with Crippen molar-refractivity contribution in [3.05, 3.63) is 52.3 Å². The molecule has 0 aliphatic rings. The van der Waals surface area contributed by atoms with Gasteiger partial charge in [-0.1, -0.05) is 23.7 Å². The van der Waals surface area contributed by atoms with E-state index in [0.717, 1.165) is 28.5 Å². The van der Waals surface area contributed by atoms with E-state index in [1.165, 1.54) is 0 Å². The first-order valence-electron chi connectivity index (χ1n) is 6.54. The zero-order valence-electron chi connectivity index (χ0n) is 11.3. The number of halogens is 1. The minimum atomic E-state index is -0.400. The van der Waals surface area contributed by atoms with Crippen LogP contribution in [0.2, 0.25) is 5.02 Å². The fourth-order valence-corrected chi connectivity index (χ4v) is 2.37. The summed E-state index contributed by atoms with van der Waals surface area (Å²) in [5, 5.41) is 15.3. The van der Waals surface area contributed by atoms with Gasteiger partial charge < -0.3 is 5.11 Å². The smallest absolute Gasteiger partial charge is 0.0635 e. The first-order chi connectivity index (χ1) is 9.08. The molecular formula is C15H19ClN2O. The third-order valence-electron chi connectivity index (χ3n) is 3.11. The molecule has 19 heavy (non-hydrogen) atoms. The van der Waals surface area contributed by atoms with Crippen molar-refractivity contribution in [2.45, 2.75) is 39.3 Å². The van der Waals surface area contributed by atoms with Crippen molar-refractivity contribution < 1.29 is 5.11 Å². The Labute approximate surface area is 118 Å². The van der Waals surface area contributed by atoms with Gasteiger partial charge in [0.1, 0.15) is 0 Å². The summed E-state index contributed by atoms with van der Waals surface area (Å²) in [4.78, 5) is 0. The number of rotatable bonds is 5. The van der Waals surface area contributed by atoms with Crippen LogP contribution in [0.25, 0.3) is 0 Å². The van der Waals surface area contributed by atoms with Crippen LogP contribution in [0.3, 0.4) is 0 Å². The van der Waals surface area contributed by atoms with Gasteiger partial charge in [-0.25, -0.2) is 0 Å². The minimum Gasteiger partial charge on any atom is -0.392 e. The van der Waals surface area contributed by atoms with Crippen LogP contribution in [-0.2, 0) is 19.4 Å². The van der Waals surface area contributed by atoms with E-state index in [9.17, 15) is 5.11 Å². The van der Waals surface area contributed by atoms with E-state index < -0.39 is 6.10 Å². The standard InChI is InChI=1S/C15H19ClN2O/c1-3-18-14(8-11(2)17-18)10-15(19)9-12-4-6-13(16)7-5-12/h4-8,15,19H,3,9-10H2,1-2H3. The highest BCUT2D eigenvalue weighted by atomic mass is 35.5. The number of benzene rings is 1. The SMILES string of the molecule is CCn1nc(C)cc1CC(O)Cc1ccc(Cl)cc1. The maximum Gasteiger partial charge on any atom is 0.0635 e. The van der Waals surface area contributed by atoms with Crippen molar-refractivity contribution in [2.75, 3.05) is 0 Å². The lowest BCUT2D eigenvalue weighted by Crippen LogP contribution is -2.16. The maximum atomic E-state index is 10.2. The summed E-state index contributed by atoms with van der Waals surface area (Å²) < 4.78 is 1.94. The first kappa shape index (κ1) is 14.1. The Hall–Kier alpha value is -1.32. The Morgan fingerprint density at radius 1 is 1.26 bits per heavy atom. The normalized spacial score (nSPS) is 12.6. The molecule has 3 nitrogen and oxygen atoms in total. The largest absolute Gasteiger partial charge is 0.392 e. The van der Waals surface area contributed by atoms with Crippen LogP contribution in [-0.4, -0.2) is 21.0 Å². The number of aliphatic hydroxyl groups excluding tert-OH is 1. The average Bonchev–Trinajstić information content (AvgIpc) is 2.72. The second-order valence-electron chi connectivity index (χ2n) is 4.78. The van der Waals surface area contributed by atoms with Gasteiger partial charge in [0, 0.05) is 23.7 Å². The van der Waals surface area contributed by atoms with E-state index in [-0.39, 0.29) is 0 Å². The van der Waals surface area contributed by atoms with Crippen molar-refractivity contribution >= 4 is 11.6 Å². The summed E-state index contributed by atoms with van der Waals surface area (Å²) >= 11 is 5.85. The maximum absolute atomic E-state index is 10.2. The number of aliphatic hydroxyl groups is 1. The van der Waals surface area contributed by atoms with Crippen molar-refractivity contribution in [3.8, 4) is 0 Å². The Balaban J connectivity index is 2.00. The first-order valence-corrected chi connectivity index (χ1v) is 6.92. The molecule has 2 rings (SSSR count). The molecule has 0 saturated heterocycles. The summed E-state index contributed by atoms with van der Waals surface area (Å²) in [5.74, 6) is 0. The molecule has 0 aliphatic carbocycles. The molecule has 4 heteroatoms. The number of hydrogen-bond donors (Lipinski definition) is 1. The van der Waals surface area contributed by atoms with Crippen molar-refractivity contribution in [2.24, 2.45) is 0 Å². The molecule has 1 atom stereocenters. The van der Waals surface area contributed by atoms with Gasteiger partial charge >= 0.3 is 0 Å². The van der Waals surface area contributed by atoms with Gasteiger partial charge in [0.25, 0.3) is 0 Å². The van der Waals surface area contributed by atoms with Crippen molar-refractivity contribution in [3.63, 3.8) is 0 Å². The molecule has 2 aromatic rings. The van der Waals surface area contributed by atoms with E-state index in [2.05, 4.69) is 12.0 Å². The van der Waals surface area contributed by atoms with Crippen LogP contribution in [0, 0.1) is 6.92 Å². The highest BCUT2D eigenvalue weighted by Crippen LogP contribution is 2.14. The van der Waals surface area contributed by atoms with Crippen LogP contribution >= 0.6 is 11.6 Å². The quantitative estimate of drug-likeness (QED) is 0.913. The zero-order chi connectivity index (χ0) is 13.8. The summed E-state index contributed by atoms with van der Waals surface area (Å²) in [5.41, 5.74) is 3.17. The molecule has 1 aromatic heterocycles. The molecule has 0 spiro atoms. The molecule has 0 amide bonds. The third kappa shape index (κ3) is 3.82. The molecule has 0 bridgehead atoms. The molecule has 0 fully saturated rings. The second kappa shape index (κ2) is 6.22. The molecular weight excluding hydrogens is 260 g/mol. The molecule has 1 aromatic carbocycles. The number of nitrogens with zero attached hydrogens (tertiary/aromatic N) is 2. The summed E-state index contributed by atoms with van der Waals surface area (Å²) in [6.45, 7) is 4.86. The van der Waals surface area contributed by atoms with Gasteiger partial charge in [-0.15, -0.1) is 0 Å². The van der Waals surface area contributed by atoms with Crippen LogP contribution in [0.4, 0.5) is 0 Å². The van der Waals surface area contributed by atoms with Gasteiger partial charge in [0.15, 0.2) is 0 Å². The molecule has 1 heterocycles. The van der Waals surface area contributed by atoms with Crippen molar-refractivity contribution in [1.29, 1.82) is 0 Å². The van der Waals surface area contributed by atoms with Gasteiger partial charge in [0.2, 0.25) is 0 Å². The van der Waals surface area contributed by atoms with Crippen LogP contribution in [0.1, 0.15) is 23.9 Å². The number of aromatic nitrogens is 2. The summed E-state index contributed by atoms with van der Waals surface area (Å²) in [6.07, 6.45) is 0.852. The van der Waals surface area contributed by atoms with Gasteiger partial charge in [0.05, 0.1) is 11.8 Å².